The van der Waals surface area contributed by atoms with E-state index in [1.807, 2.05) is 19.9 Å². The van der Waals surface area contributed by atoms with Crippen LogP contribution in [0.15, 0.2) is 18.2 Å². The molecule has 3 atom stereocenters. The second kappa shape index (κ2) is 9.11. The summed E-state index contributed by atoms with van der Waals surface area (Å²) in [5, 5.41) is 0. The van der Waals surface area contributed by atoms with Crippen LogP contribution in [0.4, 0.5) is 0 Å². The minimum Gasteiger partial charge on any atom is -0.496 e. The van der Waals surface area contributed by atoms with Gasteiger partial charge >= 0.3 is 0 Å². The number of rotatable bonds is 8. The number of nitrogens with one attached hydrogen (secondary N) is 1. The van der Waals surface area contributed by atoms with E-state index in [2.05, 4.69) is 28.7 Å². The molecule has 0 radical (unpaired) electrons. The van der Waals surface area contributed by atoms with Crippen molar-refractivity contribution in [1.82, 2.24) is 13.9 Å². The minimum atomic E-state index is -3.44. The van der Waals surface area contributed by atoms with E-state index in [1.165, 1.54) is 15.4 Å². The Morgan fingerprint density at radius 2 is 1.96 bits per heavy atom. The van der Waals surface area contributed by atoms with E-state index >= 15 is 0 Å². The first-order chi connectivity index (χ1) is 13.4. The standard InChI is InChI=1S/C21H35N3O3S/c1-5-11-23-15-18(22-28(25,26)24(6-2)7-3)12-17-13-19-16(14-20(17)23)9-8-10-21(19)27-4/h8-10,17-18,20,22H,5-7,11-15H2,1-4H3. The Kier molecular flexibility index (Phi) is 7.02. The maximum absolute atomic E-state index is 12.8. The second-order valence-electron chi connectivity index (χ2n) is 7.97. The topological polar surface area (TPSA) is 61.9 Å². The van der Waals surface area contributed by atoms with Crippen molar-refractivity contribution in [2.45, 2.75) is 58.5 Å². The molecule has 1 aromatic rings. The molecule has 3 rings (SSSR count). The first kappa shape index (κ1) is 21.6. The Hall–Kier alpha value is -1.15. The van der Waals surface area contributed by atoms with E-state index in [0.29, 0.717) is 25.0 Å². The normalized spacial score (nSPS) is 25.4. The summed E-state index contributed by atoms with van der Waals surface area (Å²) in [6, 6.07) is 6.76. The number of benzene rings is 1. The first-order valence-corrected chi connectivity index (χ1v) is 12.0. The van der Waals surface area contributed by atoms with Crippen LogP contribution in [-0.4, -0.2) is 63.0 Å². The number of nitrogens with zero attached hydrogens (tertiary/aromatic N) is 2. The summed E-state index contributed by atoms with van der Waals surface area (Å²) in [7, 11) is -1.71. The SMILES string of the molecule is CCCN1CC(NS(=O)(=O)N(CC)CC)CC2Cc3c(cccc3OC)CC21. The lowest BCUT2D eigenvalue weighted by Crippen LogP contribution is -2.59. The quantitative estimate of drug-likeness (QED) is 0.716. The van der Waals surface area contributed by atoms with Gasteiger partial charge in [0.25, 0.3) is 10.2 Å². The number of methoxy groups -OCH3 is 1. The van der Waals surface area contributed by atoms with Crippen LogP contribution in [0.3, 0.4) is 0 Å². The fourth-order valence-electron chi connectivity index (χ4n) is 5.02. The molecule has 0 amide bonds. The molecule has 0 bridgehead atoms. The number of piperidine rings is 1. The first-order valence-electron chi connectivity index (χ1n) is 10.6. The number of hydrogen-bond acceptors (Lipinski definition) is 4. The van der Waals surface area contributed by atoms with Gasteiger partial charge in [0.15, 0.2) is 0 Å². The van der Waals surface area contributed by atoms with Gasteiger partial charge < -0.3 is 4.74 Å². The van der Waals surface area contributed by atoms with Crippen molar-refractivity contribution in [2.24, 2.45) is 5.92 Å². The summed E-state index contributed by atoms with van der Waals surface area (Å²) in [6.07, 6.45) is 3.92. The van der Waals surface area contributed by atoms with E-state index in [4.69, 9.17) is 4.74 Å². The predicted molar refractivity (Wildman–Crippen MR) is 113 cm³/mol. The molecular weight excluding hydrogens is 374 g/mol. The van der Waals surface area contributed by atoms with Crippen molar-refractivity contribution in [2.75, 3.05) is 33.3 Å². The molecule has 2 aliphatic rings. The van der Waals surface area contributed by atoms with Gasteiger partial charge in [-0.2, -0.15) is 17.4 Å². The van der Waals surface area contributed by atoms with Crippen LogP contribution in [0.5, 0.6) is 5.75 Å². The second-order valence-corrected chi connectivity index (χ2v) is 9.67. The summed E-state index contributed by atoms with van der Waals surface area (Å²) in [6.45, 7) is 8.74. The summed E-state index contributed by atoms with van der Waals surface area (Å²) >= 11 is 0. The van der Waals surface area contributed by atoms with Crippen molar-refractivity contribution >= 4 is 10.2 Å². The van der Waals surface area contributed by atoms with Crippen molar-refractivity contribution in [3.63, 3.8) is 0 Å². The molecule has 0 aromatic heterocycles. The molecule has 28 heavy (non-hydrogen) atoms. The van der Waals surface area contributed by atoms with Gasteiger partial charge in [0.05, 0.1) is 7.11 Å². The zero-order valence-electron chi connectivity index (χ0n) is 17.6. The van der Waals surface area contributed by atoms with Gasteiger partial charge in [-0.05, 0) is 55.3 Å². The zero-order chi connectivity index (χ0) is 20.3. The third-order valence-corrected chi connectivity index (χ3v) is 8.10. The van der Waals surface area contributed by atoms with Crippen molar-refractivity contribution in [1.29, 1.82) is 0 Å². The molecule has 1 N–H and O–H groups in total. The fraction of sp³-hybridized carbons (Fsp3) is 0.714. The average molecular weight is 410 g/mol. The molecule has 1 fully saturated rings. The lowest BCUT2D eigenvalue weighted by atomic mass is 9.74. The molecule has 1 heterocycles. The monoisotopic (exact) mass is 409 g/mol. The Labute approximate surface area is 170 Å². The third kappa shape index (κ3) is 4.37. The zero-order valence-corrected chi connectivity index (χ0v) is 18.5. The van der Waals surface area contributed by atoms with Crippen LogP contribution in [0.2, 0.25) is 0 Å². The van der Waals surface area contributed by atoms with Crippen LogP contribution < -0.4 is 9.46 Å². The summed E-state index contributed by atoms with van der Waals surface area (Å²) in [4.78, 5) is 2.51. The highest BCUT2D eigenvalue weighted by molar-refractivity contribution is 7.87. The van der Waals surface area contributed by atoms with E-state index in [1.54, 1.807) is 7.11 Å². The molecule has 1 aliphatic carbocycles. The van der Waals surface area contributed by atoms with Gasteiger partial charge in [-0.1, -0.05) is 32.9 Å². The highest BCUT2D eigenvalue weighted by Crippen LogP contribution is 2.38. The van der Waals surface area contributed by atoms with E-state index in [0.717, 1.165) is 44.5 Å². The molecule has 1 aliphatic heterocycles. The van der Waals surface area contributed by atoms with E-state index in [-0.39, 0.29) is 6.04 Å². The summed E-state index contributed by atoms with van der Waals surface area (Å²) in [5.41, 5.74) is 2.68. The van der Waals surface area contributed by atoms with Gasteiger partial charge in [0.2, 0.25) is 0 Å². The number of ether oxygens (including phenoxy) is 1. The van der Waals surface area contributed by atoms with Crippen molar-refractivity contribution < 1.29 is 13.2 Å². The average Bonchev–Trinajstić information content (AvgIpc) is 2.66. The van der Waals surface area contributed by atoms with Gasteiger partial charge in [-0.15, -0.1) is 0 Å². The Morgan fingerprint density at radius 3 is 2.61 bits per heavy atom. The van der Waals surface area contributed by atoms with Crippen LogP contribution in [0.25, 0.3) is 0 Å². The molecule has 0 saturated carbocycles. The Morgan fingerprint density at radius 1 is 1.21 bits per heavy atom. The van der Waals surface area contributed by atoms with E-state index < -0.39 is 10.2 Å². The highest BCUT2D eigenvalue weighted by atomic mass is 32.2. The molecule has 1 aromatic carbocycles. The van der Waals surface area contributed by atoms with Crippen LogP contribution >= 0.6 is 0 Å². The van der Waals surface area contributed by atoms with Crippen LogP contribution in [0.1, 0.15) is 44.7 Å². The summed E-state index contributed by atoms with van der Waals surface area (Å²) in [5.74, 6) is 1.40. The lowest BCUT2D eigenvalue weighted by Gasteiger charge is -2.48. The number of fused-ring (bicyclic) bond motifs is 2. The molecular formula is C21H35N3O3S. The fourth-order valence-corrected chi connectivity index (χ4v) is 6.44. The highest BCUT2D eigenvalue weighted by Gasteiger charge is 2.40. The van der Waals surface area contributed by atoms with Gasteiger partial charge in [-0.3, -0.25) is 4.90 Å². The molecule has 6 nitrogen and oxygen atoms in total. The minimum absolute atomic E-state index is 0.0466. The Balaban J connectivity index is 1.83. The predicted octanol–water partition coefficient (Wildman–Crippen LogP) is 2.44. The molecule has 3 unspecified atom stereocenters. The molecule has 158 valence electrons. The van der Waals surface area contributed by atoms with Gasteiger partial charge in [0, 0.05) is 31.7 Å². The summed E-state index contributed by atoms with van der Waals surface area (Å²) < 4.78 is 35.6. The van der Waals surface area contributed by atoms with E-state index in [9.17, 15) is 8.42 Å². The third-order valence-electron chi connectivity index (χ3n) is 6.27. The largest absolute Gasteiger partial charge is 0.496 e. The van der Waals surface area contributed by atoms with Crippen LogP contribution in [-0.2, 0) is 23.1 Å². The van der Waals surface area contributed by atoms with Gasteiger partial charge in [-0.25, -0.2) is 0 Å². The maximum atomic E-state index is 12.8. The molecule has 7 heteroatoms. The molecule has 1 saturated heterocycles. The van der Waals surface area contributed by atoms with Gasteiger partial charge in [0.1, 0.15) is 5.75 Å². The smallest absolute Gasteiger partial charge is 0.279 e. The molecule has 0 spiro atoms. The maximum Gasteiger partial charge on any atom is 0.279 e. The van der Waals surface area contributed by atoms with Crippen LogP contribution in [0, 0.1) is 5.92 Å². The number of likely N-dealkylation sites (tertiary alicyclic amines) is 1. The Bertz CT molecular complexity index is 764. The number of hydrogen-bond donors (Lipinski definition) is 1. The lowest BCUT2D eigenvalue weighted by molar-refractivity contribution is 0.0679. The van der Waals surface area contributed by atoms with Crippen molar-refractivity contribution in [3.8, 4) is 5.75 Å². The van der Waals surface area contributed by atoms with Crippen molar-refractivity contribution in [3.05, 3.63) is 29.3 Å².